The van der Waals surface area contributed by atoms with Crippen LogP contribution in [0.1, 0.15) is 18.6 Å². The predicted octanol–water partition coefficient (Wildman–Crippen LogP) is 1.82. The van der Waals surface area contributed by atoms with Crippen molar-refractivity contribution in [1.82, 2.24) is 0 Å². The molecule has 0 radical (unpaired) electrons. The Hall–Kier alpha value is -1.31. The van der Waals surface area contributed by atoms with Crippen molar-refractivity contribution in [2.75, 3.05) is 14.2 Å². The van der Waals surface area contributed by atoms with Gasteiger partial charge in [0.25, 0.3) is 0 Å². The van der Waals surface area contributed by atoms with E-state index in [0.717, 1.165) is 0 Å². The second-order valence-corrected chi connectivity index (χ2v) is 3.84. The minimum Gasteiger partial charge on any atom is -0.468 e. The third kappa shape index (κ3) is 1.36. The SMILES string of the molecule is COC1(OC)CC(C#N)(c2ccco2)C1. The molecule has 2 rings (SSSR count). The minimum atomic E-state index is -0.622. The van der Waals surface area contributed by atoms with Crippen molar-refractivity contribution >= 4 is 0 Å². The van der Waals surface area contributed by atoms with Crippen LogP contribution >= 0.6 is 0 Å². The molecule has 0 spiro atoms. The van der Waals surface area contributed by atoms with E-state index in [4.69, 9.17) is 13.9 Å². The van der Waals surface area contributed by atoms with Crippen molar-refractivity contribution in [3.8, 4) is 6.07 Å². The molecule has 80 valence electrons. The Morgan fingerprint density at radius 2 is 2.07 bits per heavy atom. The molecule has 0 saturated heterocycles. The van der Waals surface area contributed by atoms with Crippen molar-refractivity contribution in [3.05, 3.63) is 24.2 Å². The number of methoxy groups -OCH3 is 2. The first-order valence-electron chi connectivity index (χ1n) is 4.76. The molecule has 0 N–H and O–H groups in total. The summed E-state index contributed by atoms with van der Waals surface area (Å²) in [6, 6.07) is 5.89. The van der Waals surface area contributed by atoms with Crippen LogP contribution in [0.2, 0.25) is 0 Å². The fourth-order valence-corrected chi connectivity index (χ4v) is 2.10. The molecule has 1 heterocycles. The van der Waals surface area contributed by atoms with Crippen LogP contribution in [0, 0.1) is 11.3 Å². The van der Waals surface area contributed by atoms with Gasteiger partial charge in [0.05, 0.1) is 12.3 Å². The quantitative estimate of drug-likeness (QED) is 0.709. The van der Waals surface area contributed by atoms with Gasteiger partial charge in [-0.1, -0.05) is 0 Å². The second kappa shape index (κ2) is 3.37. The molecule has 1 fully saturated rings. The molecule has 0 aromatic carbocycles. The highest BCUT2D eigenvalue weighted by Crippen LogP contribution is 2.52. The third-order valence-electron chi connectivity index (χ3n) is 3.09. The Kier molecular flexibility index (Phi) is 2.29. The van der Waals surface area contributed by atoms with Crippen molar-refractivity contribution in [2.24, 2.45) is 0 Å². The summed E-state index contributed by atoms with van der Waals surface area (Å²) in [4.78, 5) is 0. The van der Waals surface area contributed by atoms with E-state index in [9.17, 15) is 5.26 Å². The van der Waals surface area contributed by atoms with Gasteiger partial charge in [-0.25, -0.2) is 0 Å². The third-order valence-corrected chi connectivity index (χ3v) is 3.09. The Morgan fingerprint density at radius 1 is 1.40 bits per heavy atom. The summed E-state index contributed by atoms with van der Waals surface area (Å²) in [5.41, 5.74) is -0.588. The lowest BCUT2D eigenvalue weighted by Gasteiger charge is -2.48. The fraction of sp³-hybridized carbons (Fsp3) is 0.545. The molecule has 1 aromatic rings. The van der Waals surface area contributed by atoms with E-state index in [-0.39, 0.29) is 0 Å². The van der Waals surface area contributed by atoms with E-state index in [2.05, 4.69) is 6.07 Å². The highest BCUT2D eigenvalue weighted by molar-refractivity contribution is 5.31. The summed E-state index contributed by atoms with van der Waals surface area (Å²) >= 11 is 0. The molecule has 15 heavy (non-hydrogen) atoms. The van der Waals surface area contributed by atoms with Crippen LogP contribution in [0.3, 0.4) is 0 Å². The topological polar surface area (TPSA) is 55.4 Å². The van der Waals surface area contributed by atoms with Gasteiger partial charge in [0.2, 0.25) is 0 Å². The Labute approximate surface area is 88.4 Å². The molecule has 1 aromatic heterocycles. The maximum absolute atomic E-state index is 9.21. The smallest absolute Gasteiger partial charge is 0.171 e. The monoisotopic (exact) mass is 207 g/mol. The zero-order chi connectivity index (χ0) is 10.9. The molecule has 0 aliphatic heterocycles. The number of rotatable bonds is 3. The molecule has 1 saturated carbocycles. The lowest BCUT2D eigenvalue weighted by Crippen LogP contribution is -2.56. The average molecular weight is 207 g/mol. The number of nitriles is 1. The van der Waals surface area contributed by atoms with Crippen LogP contribution in [0.25, 0.3) is 0 Å². The summed E-state index contributed by atoms with van der Waals surface area (Å²) in [6.45, 7) is 0. The molecular weight excluding hydrogens is 194 g/mol. The molecule has 1 aliphatic carbocycles. The zero-order valence-electron chi connectivity index (χ0n) is 8.82. The molecule has 0 bridgehead atoms. The van der Waals surface area contributed by atoms with Crippen LogP contribution in [0.5, 0.6) is 0 Å². The van der Waals surface area contributed by atoms with E-state index < -0.39 is 11.2 Å². The molecule has 1 aliphatic rings. The van der Waals surface area contributed by atoms with E-state index in [1.165, 1.54) is 0 Å². The molecule has 0 amide bonds. The van der Waals surface area contributed by atoms with Crippen molar-refractivity contribution in [1.29, 1.82) is 5.26 Å². The first-order valence-corrected chi connectivity index (χ1v) is 4.76. The van der Waals surface area contributed by atoms with Gasteiger partial charge in [-0.3, -0.25) is 0 Å². The van der Waals surface area contributed by atoms with E-state index in [1.54, 1.807) is 26.5 Å². The van der Waals surface area contributed by atoms with Crippen molar-refractivity contribution in [2.45, 2.75) is 24.0 Å². The molecule has 0 unspecified atom stereocenters. The largest absolute Gasteiger partial charge is 0.468 e. The minimum absolute atomic E-state index is 0.511. The van der Waals surface area contributed by atoms with Crippen LogP contribution in [-0.4, -0.2) is 20.0 Å². The summed E-state index contributed by atoms with van der Waals surface area (Å²) in [5.74, 6) is 0.0671. The second-order valence-electron chi connectivity index (χ2n) is 3.84. The van der Waals surface area contributed by atoms with Gasteiger partial charge in [-0.05, 0) is 12.1 Å². The fourth-order valence-electron chi connectivity index (χ4n) is 2.10. The number of nitrogens with zero attached hydrogens (tertiary/aromatic N) is 1. The first kappa shape index (κ1) is 10.2. The Balaban J connectivity index is 2.22. The summed E-state index contributed by atoms with van der Waals surface area (Å²) < 4.78 is 15.8. The maximum Gasteiger partial charge on any atom is 0.171 e. The highest BCUT2D eigenvalue weighted by atomic mass is 16.7. The number of hydrogen-bond acceptors (Lipinski definition) is 4. The lowest BCUT2D eigenvalue weighted by molar-refractivity contribution is -0.271. The normalized spacial score (nSPS) is 21.7. The molecule has 4 heteroatoms. The summed E-state index contributed by atoms with van der Waals surface area (Å²) in [6.07, 6.45) is 2.60. The van der Waals surface area contributed by atoms with Crippen LogP contribution in [-0.2, 0) is 14.9 Å². The highest BCUT2D eigenvalue weighted by Gasteiger charge is 2.59. The van der Waals surface area contributed by atoms with E-state index in [1.807, 2.05) is 6.07 Å². The Bertz CT molecular complexity index is 365. The number of furan rings is 1. The standard InChI is InChI=1S/C11H13NO3/c1-13-11(14-2)6-10(7-11,8-12)9-4-3-5-15-9/h3-5H,6-7H2,1-2H3. The van der Waals surface area contributed by atoms with Crippen molar-refractivity contribution in [3.63, 3.8) is 0 Å². The summed E-state index contributed by atoms with van der Waals surface area (Å²) in [5, 5.41) is 9.21. The number of ether oxygens (including phenoxy) is 2. The molecule has 4 nitrogen and oxygen atoms in total. The van der Waals surface area contributed by atoms with Gasteiger partial charge >= 0.3 is 0 Å². The summed E-state index contributed by atoms with van der Waals surface area (Å²) in [7, 11) is 3.18. The Morgan fingerprint density at radius 3 is 2.47 bits per heavy atom. The van der Waals surface area contributed by atoms with E-state index in [0.29, 0.717) is 18.6 Å². The van der Waals surface area contributed by atoms with Gasteiger partial charge in [0.1, 0.15) is 11.2 Å². The number of hydrogen-bond donors (Lipinski definition) is 0. The zero-order valence-corrected chi connectivity index (χ0v) is 8.82. The van der Waals surface area contributed by atoms with Crippen LogP contribution in [0.4, 0.5) is 0 Å². The predicted molar refractivity (Wildman–Crippen MR) is 52.0 cm³/mol. The van der Waals surface area contributed by atoms with Gasteiger partial charge in [-0.15, -0.1) is 0 Å². The van der Waals surface area contributed by atoms with Gasteiger partial charge < -0.3 is 13.9 Å². The van der Waals surface area contributed by atoms with Crippen LogP contribution < -0.4 is 0 Å². The molecule has 0 atom stereocenters. The maximum atomic E-state index is 9.21. The van der Waals surface area contributed by atoms with Gasteiger partial charge in [0.15, 0.2) is 5.79 Å². The van der Waals surface area contributed by atoms with E-state index >= 15 is 0 Å². The average Bonchev–Trinajstić information content (AvgIpc) is 2.73. The van der Waals surface area contributed by atoms with Gasteiger partial charge in [-0.2, -0.15) is 5.26 Å². The molecular formula is C11H13NO3. The first-order chi connectivity index (χ1) is 7.20. The van der Waals surface area contributed by atoms with Crippen molar-refractivity contribution < 1.29 is 13.9 Å². The van der Waals surface area contributed by atoms with Gasteiger partial charge in [0, 0.05) is 27.1 Å². The van der Waals surface area contributed by atoms with Crippen LogP contribution in [0.15, 0.2) is 22.8 Å². The lowest BCUT2D eigenvalue weighted by atomic mass is 9.64.